The van der Waals surface area contributed by atoms with E-state index in [-0.39, 0.29) is 28.3 Å². The first kappa shape index (κ1) is 27.1. The van der Waals surface area contributed by atoms with Crippen LogP contribution in [0.3, 0.4) is 0 Å². The molecule has 0 spiro atoms. The quantitative estimate of drug-likeness (QED) is 0.276. The van der Waals surface area contributed by atoms with E-state index >= 15 is 0 Å². The molecule has 11 nitrogen and oxygen atoms in total. The molecule has 1 aliphatic rings. The van der Waals surface area contributed by atoms with Crippen LogP contribution in [0.4, 0.5) is 10.5 Å². The number of morpholine rings is 1. The second-order valence-electron chi connectivity index (χ2n) is 8.47. The molecular weight excluding hydrogens is 492 g/mol. The standard InChI is InChI=1S/C24H27ClN4O7/c1-24(22(26)31,28(23(32)33)10-4-9-27-11-13-36-14-12-27)19-8-7-16(29(34)35)15-18(19)21(30)17-5-2-3-6-20(17)25/h2-3,5-8,15H,4,9-14H2,1H3,(H2,26,31)(H,32,33). The van der Waals surface area contributed by atoms with Gasteiger partial charge in [-0.1, -0.05) is 23.7 Å². The van der Waals surface area contributed by atoms with Gasteiger partial charge in [-0.3, -0.25) is 29.5 Å². The molecule has 0 radical (unpaired) electrons. The Bertz CT molecular complexity index is 1170. The number of carbonyl (C=O) groups excluding carboxylic acids is 2. The molecular formula is C24H27ClN4O7. The zero-order valence-corrected chi connectivity index (χ0v) is 20.4. The van der Waals surface area contributed by atoms with Crippen molar-refractivity contribution in [3.63, 3.8) is 0 Å². The largest absolute Gasteiger partial charge is 0.465 e. The number of nitro groups is 1. The number of ketones is 1. The summed E-state index contributed by atoms with van der Waals surface area (Å²) >= 11 is 6.19. The van der Waals surface area contributed by atoms with Crippen LogP contribution in [-0.2, 0) is 15.1 Å². The number of amides is 2. The summed E-state index contributed by atoms with van der Waals surface area (Å²) in [5.74, 6) is -1.73. The third-order valence-electron chi connectivity index (χ3n) is 6.31. The van der Waals surface area contributed by atoms with Crippen molar-refractivity contribution in [1.82, 2.24) is 9.80 Å². The molecule has 3 N–H and O–H groups in total. The number of rotatable bonds is 10. The van der Waals surface area contributed by atoms with Gasteiger partial charge in [0.15, 0.2) is 5.78 Å². The number of non-ortho nitro benzene ring substituents is 1. The summed E-state index contributed by atoms with van der Waals surface area (Å²) in [4.78, 5) is 52.5. The van der Waals surface area contributed by atoms with Gasteiger partial charge in [0, 0.05) is 49.4 Å². The van der Waals surface area contributed by atoms with Crippen LogP contribution in [0, 0.1) is 10.1 Å². The Balaban J connectivity index is 2.06. The van der Waals surface area contributed by atoms with E-state index < -0.39 is 33.9 Å². The van der Waals surface area contributed by atoms with E-state index in [4.69, 9.17) is 22.1 Å². The van der Waals surface area contributed by atoms with E-state index in [0.29, 0.717) is 39.3 Å². The lowest BCUT2D eigenvalue weighted by Gasteiger charge is -2.38. The van der Waals surface area contributed by atoms with Crippen molar-refractivity contribution < 1.29 is 29.2 Å². The molecule has 1 fully saturated rings. The minimum atomic E-state index is -2.00. The summed E-state index contributed by atoms with van der Waals surface area (Å²) in [5.41, 5.74) is 3.08. The predicted octanol–water partition coefficient (Wildman–Crippen LogP) is 2.88. The summed E-state index contributed by atoms with van der Waals surface area (Å²) in [6.45, 7) is 4.37. The maximum atomic E-state index is 13.5. The van der Waals surface area contributed by atoms with Gasteiger partial charge >= 0.3 is 6.09 Å². The van der Waals surface area contributed by atoms with Gasteiger partial charge in [-0.25, -0.2) is 4.79 Å². The molecule has 0 saturated carbocycles. The average Bonchev–Trinajstić information content (AvgIpc) is 2.86. The average molecular weight is 519 g/mol. The highest BCUT2D eigenvalue weighted by Crippen LogP contribution is 2.35. The number of ether oxygens (including phenoxy) is 1. The van der Waals surface area contributed by atoms with Gasteiger partial charge in [0.25, 0.3) is 5.69 Å². The molecule has 2 aromatic rings. The maximum absolute atomic E-state index is 13.5. The van der Waals surface area contributed by atoms with Crippen LogP contribution in [0.1, 0.15) is 34.8 Å². The highest BCUT2D eigenvalue weighted by atomic mass is 35.5. The molecule has 1 aliphatic heterocycles. The molecule has 3 rings (SSSR count). The van der Waals surface area contributed by atoms with Crippen molar-refractivity contribution in [3.05, 3.63) is 74.3 Å². The molecule has 192 valence electrons. The van der Waals surface area contributed by atoms with Crippen molar-refractivity contribution in [1.29, 1.82) is 0 Å². The summed E-state index contributed by atoms with van der Waals surface area (Å²) < 4.78 is 5.32. The van der Waals surface area contributed by atoms with Gasteiger partial charge in [0.2, 0.25) is 5.91 Å². The maximum Gasteiger partial charge on any atom is 0.408 e. The Morgan fingerprint density at radius 3 is 2.44 bits per heavy atom. The summed E-state index contributed by atoms with van der Waals surface area (Å²) in [6, 6.07) is 9.41. The summed E-state index contributed by atoms with van der Waals surface area (Å²) in [5, 5.41) is 21.6. The number of benzene rings is 2. The second-order valence-corrected chi connectivity index (χ2v) is 8.88. The van der Waals surface area contributed by atoms with Crippen LogP contribution in [0.2, 0.25) is 5.02 Å². The minimum Gasteiger partial charge on any atom is -0.465 e. The molecule has 1 saturated heterocycles. The second kappa shape index (κ2) is 11.5. The molecule has 2 aromatic carbocycles. The summed E-state index contributed by atoms with van der Waals surface area (Å²) in [6.07, 6.45) is -1.04. The molecule has 12 heteroatoms. The number of carboxylic acid groups (broad SMARTS) is 1. The van der Waals surface area contributed by atoms with Crippen molar-refractivity contribution in [2.24, 2.45) is 5.73 Å². The van der Waals surface area contributed by atoms with Crippen LogP contribution < -0.4 is 5.73 Å². The van der Waals surface area contributed by atoms with Crippen LogP contribution in [0.25, 0.3) is 0 Å². The van der Waals surface area contributed by atoms with Crippen molar-refractivity contribution in [2.45, 2.75) is 18.9 Å². The smallest absolute Gasteiger partial charge is 0.408 e. The molecule has 2 amide bonds. The van der Waals surface area contributed by atoms with Crippen molar-refractivity contribution in [2.75, 3.05) is 39.4 Å². The van der Waals surface area contributed by atoms with Gasteiger partial charge in [-0.15, -0.1) is 0 Å². The third-order valence-corrected chi connectivity index (χ3v) is 6.64. The van der Waals surface area contributed by atoms with E-state index in [1.165, 1.54) is 25.1 Å². The van der Waals surface area contributed by atoms with Gasteiger partial charge in [-0.2, -0.15) is 0 Å². The Hall–Kier alpha value is -3.54. The van der Waals surface area contributed by atoms with E-state index in [0.717, 1.165) is 17.0 Å². The lowest BCUT2D eigenvalue weighted by molar-refractivity contribution is -0.384. The van der Waals surface area contributed by atoms with Gasteiger partial charge < -0.3 is 15.6 Å². The molecule has 0 bridgehead atoms. The Morgan fingerprint density at radius 1 is 1.19 bits per heavy atom. The number of carbonyl (C=O) groups is 3. The highest BCUT2D eigenvalue weighted by Gasteiger charge is 2.45. The fourth-order valence-corrected chi connectivity index (χ4v) is 4.47. The molecule has 36 heavy (non-hydrogen) atoms. The fourth-order valence-electron chi connectivity index (χ4n) is 4.25. The number of nitrogens with zero attached hydrogens (tertiary/aromatic N) is 3. The third kappa shape index (κ3) is 5.64. The predicted molar refractivity (Wildman–Crippen MR) is 131 cm³/mol. The number of primary amides is 1. The zero-order valence-electron chi connectivity index (χ0n) is 19.7. The van der Waals surface area contributed by atoms with Crippen molar-refractivity contribution >= 4 is 35.1 Å². The van der Waals surface area contributed by atoms with Crippen LogP contribution >= 0.6 is 11.6 Å². The molecule has 1 atom stereocenters. The van der Waals surface area contributed by atoms with Gasteiger partial charge in [-0.05, 0) is 37.1 Å². The van der Waals surface area contributed by atoms with Gasteiger partial charge in [0.1, 0.15) is 5.54 Å². The lowest BCUT2D eigenvalue weighted by atomic mass is 9.83. The van der Waals surface area contributed by atoms with Crippen LogP contribution in [-0.4, -0.2) is 77.0 Å². The Labute approximate surface area is 212 Å². The monoisotopic (exact) mass is 518 g/mol. The number of halogens is 1. The van der Waals surface area contributed by atoms with E-state index in [1.807, 2.05) is 0 Å². The number of nitrogens with two attached hydrogens (primary N) is 1. The molecule has 1 unspecified atom stereocenters. The SMILES string of the molecule is CC(C(N)=O)(c1ccc([N+](=O)[O-])cc1C(=O)c1ccccc1Cl)N(CCCN1CCOCC1)C(=O)O. The fraction of sp³-hybridized carbons (Fsp3) is 0.375. The molecule has 1 heterocycles. The normalized spacial score (nSPS) is 15.6. The highest BCUT2D eigenvalue weighted by molar-refractivity contribution is 6.35. The van der Waals surface area contributed by atoms with E-state index in [9.17, 15) is 29.6 Å². The summed E-state index contributed by atoms with van der Waals surface area (Å²) in [7, 11) is 0. The Morgan fingerprint density at radius 2 is 1.86 bits per heavy atom. The van der Waals surface area contributed by atoms with E-state index in [1.54, 1.807) is 12.1 Å². The Kier molecular flexibility index (Phi) is 8.62. The molecule has 0 aromatic heterocycles. The van der Waals surface area contributed by atoms with Crippen molar-refractivity contribution in [3.8, 4) is 0 Å². The van der Waals surface area contributed by atoms with Gasteiger partial charge in [0.05, 0.1) is 23.2 Å². The first-order valence-corrected chi connectivity index (χ1v) is 11.6. The first-order valence-electron chi connectivity index (χ1n) is 11.3. The zero-order chi connectivity index (χ0) is 26.5. The lowest BCUT2D eigenvalue weighted by Crippen LogP contribution is -2.56. The minimum absolute atomic E-state index is 0.0435. The topological polar surface area (TPSA) is 156 Å². The van der Waals surface area contributed by atoms with Crippen LogP contribution in [0.5, 0.6) is 0 Å². The number of nitro benzene ring substituents is 1. The number of hydrogen-bond acceptors (Lipinski definition) is 7. The number of hydrogen-bond donors (Lipinski definition) is 2. The first-order chi connectivity index (χ1) is 17.1. The van der Waals surface area contributed by atoms with E-state index in [2.05, 4.69) is 4.90 Å². The molecule has 0 aliphatic carbocycles. The van der Waals surface area contributed by atoms with Crippen LogP contribution in [0.15, 0.2) is 42.5 Å².